The summed E-state index contributed by atoms with van der Waals surface area (Å²) >= 11 is 12.2. The predicted octanol–water partition coefficient (Wildman–Crippen LogP) is 5.16. The number of halogens is 2. The van der Waals surface area contributed by atoms with Gasteiger partial charge in [-0.15, -0.1) is 0 Å². The highest BCUT2D eigenvalue weighted by atomic mass is 35.5. The molecule has 1 amide bonds. The average molecular weight is 351 g/mol. The van der Waals surface area contributed by atoms with Crippen molar-refractivity contribution in [2.75, 3.05) is 16.8 Å². The van der Waals surface area contributed by atoms with Gasteiger partial charge in [0, 0.05) is 11.7 Å². The number of carbonyl (C=O) groups excluding carboxylic acids is 1. The van der Waals surface area contributed by atoms with Gasteiger partial charge >= 0.3 is 0 Å². The number of nitrogens with one attached hydrogen (secondary N) is 1. The monoisotopic (exact) mass is 350 g/mol. The minimum absolute atomic E-state index is 0.156. The highest BCUT2D eigenvalue weighted by molar-refractivity contribution is 6.39. The topological polar surface area (TPSA) is 32.3 Å². The highest BCUT2D eigenvalue weighted by Crippen LogP contribution is 2.30. The quantitative estimate of drug-likeness (QED) is 0.807. The third kappa shape index (κ3) is 4.40. The minimum atomic E-state index is -0.156. The minimum Gasteiger partial charge on any atom is -0.360 e. The lowest BCUT2D eigenvalue weighted by Gasteiger charge is -2.30. The van der Waals surface area contributed by atoms with Crippen LogP contribution >= 0.6 is 23.2 Å². The fourth-order valence-electron chi connectivity index (χ4n) is 2.38. The van der Waals surface area contributed by atoms with Gasteiger partial charge < -0.3 is 10.2 Å². The van der Waals surface area contributed by atoms with Gasteiger partial charge in [-0.1, -0.05) is 47.5 Å². The molecule has 0 aromatic heterocycles. The lowest BCUT2D eigenvalue weighted by Crippen LogP contribution is -2.38. The maximum atomic E-state index is 12.4. The molecule has 0 atom stereocenters. The summed E-state index contributed by atoms with van der Waals surface area (Å²) in [6, 6.07) is 13.3. The number of anilines is 2. The van der Waals surface area contributed by atoms with Crippen LogP contribution in [0.1, 0.15) is 19.4 Å². The molecular weight excluding hydrogens is 331 g/mol. The largest absolute Gasteiger partial charge is 0.360 e. The number of carbonyl (C=O) groups is 1. The van der Waals surface area contributed by atoms with Gasteiger partial charge in [0.25, 0.3) is 0 Å². The van der Waals surface area contributed by atoms with Gasteiger partial charge in [0.15, 0.2) is 0 Å². The molecule has 2 aromatic rings. The van der Waals surface area contributed by atoms with Crippen LogP contribution in [0.5, 0.6) is 0 Å². The van der Waals surface area contributed by atoms with Crippen molar-refractivity contribution in [2.45, 2.75) is 26.8 Å². The molecule has 0 bridgehead atoms. The van der Waals surface area contributed by atoms with Crippen molar-refractivity contribution in [2.24, 2.45) is 0 Å². The number of aryl methyl sites for hydroxylation is 1. The van der Waals surface area contributed by atoms with E-state index in [1.165, 1.54) is 0 Å². The molecule has 0 saturated heterocycles. The van der Waals surface area contributed by atoms with Crippen LogP contribution in [-0.2, 0) is 4.79 Å². The molecule has 0 unspecified atom stereocenters. The number of hydrogen-bond donors (Lipinski definition) is 1. The molecule has 5 heteroatoms. The van der Waals surface area contributed by atoms with E-state index in [0.29, 0.717) is 15.7 Å². The SMILES string of the molecule is Cc1ccccc1N(CC(=O)Nc1c(Cl)cccc1Cl)C(C)C. The van der Waals surface area contributed by atoms with E-state index in [0.717, 1.165) is 11.3 Å². The Kier molecular flexibility index (Phi) is 5.91. The second-order valence-corrected chi connectivity index (χ2v) is 6.47. The zero-order valence-corrected chi connectivity index (χ0v) is 14.9. The van der Waals surface area contributed by atoms with Gasteiger partial charge in [-0.25, -0.2) is 0 Å². The van der Waals surface area contributed by atoms with E-state index < -0.39 is 0 Å². The Morgan fingerprint density at radius 2 is 1.70 bits per heavy atom. The van der Waals surface area contributed by atoms with E-state index in [2.05, 4.69) is 24.1 Å². The van der Waals surface area contributed by atoms with Crippen LogP contribution in [0.2, 0.25) is 10.0 Å². The maximum absolute atomic E-state index is 12.4. The first-order chi connectivity index (χ1) is 10.9. The summed E-state index contributed by atoms with van der Waals surface area (Å²) < 4.78 is 0. The summed E-state index contributed by atoms with van der Waals surface area (Å²) in [7, 11) is 0. The molecule has 0 aliphatic rings. The fourth-order valence-corrected chi connectivity index (χ4v) is 2.87. The van der Waals surface area contributed by atoms with Crippen LogP contribution in [0.3, 0.4) is 0 Å². The Hall–Kier alpha value is -1.71. The van der Waals surface area contributed by atoms with Crippen molar-refractivity contribution in [3.05, 3.63) is 58.1 Å². The molecule has 0 spiro atoms. The van der Waals surface area contributed by atoms with E-state index in [1.54, 1.807) is 18.2 Å². The lowest BCUT2D eigenvalue weighted by atomic mass is 10.1. The second kappa shape index (κ2) is 7.71. The number of nitrogens with zero attached hydrogens (tertiary/aromatic N) is 1. The Morgan fingerprint density at radius 1 is 1.09 bits per heavy atom. The molecule has 0 aliphatic carbocycles. The molecule has 1 N–H and O–H groups in total. The summed E-state index contributed by atoms with van der Waals surface area (Å²) in [5, 5.41) is 3.67. The molecule has 122 valence electrons. The van der Waals surface area contributed by atoms with Gasteiger partial charge in [0.1, 0.15) is 0 Å². The first kappa shape index (κ1) is 17.6. The van der Waals surface area contributed by atoms with Crippen LogP contribution in [0.25, 0.3) is 0 Å². The van der Waals surface area contributed by atoms with Crippen LogP contribution < -0.4 is 10.2 Å². The summed E-state index contributed by atoms with van der Waals surface area (Å²) in [4.78, 5) is 14.5. The van der Waals surface area contributed by atoms with Crippen LogP contribution in [0.4, 0.5) is 11.4 Å². The van der Waals surface area contributed by atoms with Crippen LogP contribution in [-0.4, -0.2) is 18.5 Å². The molecule has 2 rings (SSSR count). The summed E-state index contributed by atoms with van der Waals surface area (Å²) in [5.74, 6) is -0.156. The standard InChI is InChI=1S/C18H20Cl2N2O/c1-12(2)22(16-10-5-4-7-13(16)3)11-17(23)21-18-14(19)8-6-9-15(18)20/h4-10,12H,11H2,1-3H3,(H,21,23). The van der Waals surface area contributed by atoms with E-state index in [-0.39, 0.29) is 18.5 Å². The van der Waals surface area contributed by atoms with E-state index in [4.69, 9.17) is 23.2 Å². The van der Waals surface area contributed by atoms with Gasteiger partial charge in [-0.05, 0) is 44.5 Å². The summed E-state index contributed by atoms with van der Waals surface area (Å²) in [6.45, 7) is 6.38. The van der Waals surface area contributed by atoms with Gasteiger partial charge in [-0.3, -0.25) is 4.79 Å². The first-order valence-corrected chi connectivity index (χ1v) is 8.22. The van der Waals surface area contributed by atoms with E-state index >= 15 is 0 Å². The van der Waals surface area contributed by atoms with Crippen molar-refractivity contribution in [1.29, 1.82) is 0 Å². The molecule has 3 nitrogen and oxygen atoms in total. The Labute approximate surface area is 147 Å². The predicted molar refractivity (Wildman–Crippen MR) is 98.8 cm³/mol. The molecule has 0 aliphatic heterocycles. The third-order valence-corrected chi connectivity index (χ3v) is 4.22. The third-order valence-electron chi connectivity index (χ3n) is 3.59. The van der Waals surface area contributed by atoms with Crippen molar-refractivity contribution < 1.29 is 4.79 Å². The number of hydrogen-bond acceptors (Lipinski definition) is 2. The molecule has 0 saturated carbocycles. The normalized spacial score (nSPS) is 10.7. The number of benzene rings is 2. The van der Waals surface area contributed by atoms with E-state index in [1.807, 2.05) is 31.2 Å². The van der Waals surface area contributed by atoms with Crippen LogP contribution in [0, 0.1) is 6.92 Å². The van der Waals surface area contributed by atoms with Crippen molar-refractivity contribution in [1.82, 2.24) is 0 Å². The Morgan fingerprint density at radius 3 is 2.26 bits per heavy atom. The first-order valence-electron chi connectivity index (χ1n) is 7.46. The molecular formula is C18H20Cl2N2O. The van der Waals surface area contributed by atoms with Crippen LogP contribution in [0.15, 0.2) is 42.5 Å². The van der Waals surface area contributed by atoms with E-state index in [9.17, 15) is 4.79 Å². The van der Waals surface area contributed by atoms with Gasteiger partial charge in [0.05, 0.1) is 22.3 Å². The Balaban J connectivity index is 2.18. The second-order valence-electron chi connectivity index (χ2n) is 5.65. The molecule has 0 radical (unpaired) electrons. The molecule has 23 heavy (non-hydrogen) atoms. The van der Waals surface area contributed by atoms with Crippen molar-refractivity contribution >= 4 is 40.5 Å². The fraction of sp³-hybridized carbons (Fsp3) is 0.278. The highest BCUT2D eigenvalue weighted by Gasteiger charge is 2.18. The molecule has 2 aromatic carbocycles. The summed E-state index contributed by atoms with van der Waals surface area (Å²) in [5.41, 5.74) is 2.63. The smallest absolute Gasteiger partial charge is 0.243 e. The number of para-hydroxylation sites is 2. The number of amides is 1. The molecule has 0 heterocycles. The average Bonchev–Trinajstić information content (AvgIpc) is 2.49. The van der Waals surface area contributed by atoms with Crippen molar-refractivity contribution in [3.8, 4) is 0 Å². The Bertz CT molecular complexity index is 681. The zero-order chi connectivity index (χ0) is 17.0. The zero-order valence-electron chi connectivity index (χ0n) is 13.4. The molecule has 0 fully saturated rings. The maximum Gasteiger partial charge on any atom is 0.243 e. The van der Waals surface area contributed by atoms with Crippen molar-refractivity contribution in [3.63, 3.8) is 0 Å². The lowest BCUT2D eigenvalue weighted by molar-refractivity contribution is -0.115. The van der Waals surface area contributed by atoms with Gasteiger partial charge in [0.2, 0.25) is 5.91 Å². The summed E-state index contributed by atoms with van der Waals surface area (Å²) in [6.07, 6.45) is 0. The van der Waals surface area contributed by atoms with Gasteiger partial charge in [-0.2, -0.15) is 0 Å². The number of rotatable bonds is 5.